The molecular weight excluding hydrogens is 228 g/mol. The minimum atomic E-state index is -0.476. The number of methoxy groups -OCH3 is 1. The number of nitrogens with zero attached hydrogens (tertiary/aromatic N) is 1. The summed E-state index contributed by atoms with van der Waals surface area (Å²) in [7, 11) is 1.31. The van der Waals surface area contributed by atoms with Crippen LogP contribution in [0.3, 0.4) is 0 Å². The number of hydrazone groups is 1. The van der Waals surface area contributed by atoms with E-state index in [0.717, 1.165) is 5.56 Å². The molecule has 0 radical (unpaired) electrons. The second-order valence-electron chi connectivity index (χ2n) is 3.28. The van der Waals surface area contributed by atoms with Crippen LogP contribution in [-0.2, 0) is 9.53 Å². The Hall–Kier alpha value is -1.55. The monoisotopic (exact) mass is 240 g/mol. The van der Waals surface area contributed by atoms with Gasteiger partial charge in [-0.3, -0.25) is 5.43 Å². The highest BCUT2D eigenvalue weighted by Gasteiger charge is 2.05. The summed E-state index contributed by atoms with van der Waals surface area (Å²) in [6, 6.07) is 5.50. The lowest BCUT2D eigenvalue weighted by molar-refractivity contribution is -0.132. The predicted octanol–water partition coefficient (Wildman–Crippen LogP) is 2.61. The summed E-state index contributed by atoms with van der Waals surface area (Å²) in [4.78, 5) is 11.1. The fourth-order valence-corrected chi connectivity index (χ4v) is 1.22. The van der Waals surface area contributed by atoms with Crippen LogP contribution in [0.5, 0.6) is 0 Å². The number of carbonyl (C=O) groups is 1. The van der Waals surface area contributed by atoms with E-state index in [0.29, 0.717) is 10.7 Å². The molecule has 0 atom stereocenters. The molecule has 16 heavy (non-hydrogen) atoms. The summed E-state index contributed by atoms with van der Waals surface area (Å²) in [5.41, 5.74) is 4.67. The maximum Gasteiger partial charge on any atom is 0.353 e. The Morgan fingerprint density at radius 3 is 2.81 bits per heavy atom. The van der Waals surface area contributed by atoms with Crippen molar-refractivity contribution < 1.29 is 9.53 Å². The van der Waals surface area contributed by atoms with Gasteiger partial charge in [-0.05, 0) is 31.5 Å². The highest BCUT2D eigenvalue weighted by atomic mass is 35.5. The fraction of sp³-hybridized carbons (Fsp3) is 0.273. The summed E-state index contributed by atoms with van der Waals surface area (Å²) < 4.78 is 4.51. The number of esters is 1. The van der Waals surface area contributed by atoms with Crippen molar-refractivity contribution in [3.8, 4) is 0 Å². The van der Waals surface area contributed by atoms with Crippen molar-refractivity contribution in [3.63, 3.8) is 0 Å². The van der Waals surface area contributed by atoms with Gasteiger partial charge in [0.2, 0.25) is 0 Å². The first kappa shape index (κ1) is 12.5. The molecule has 0 aromatic heterocycles. The molecule has 0 unspecified atom stereocenters. The second kappa shape index (κ2) is 5.51. The molecule has 0 saturated carbocycles. The van der Waals surface area contributed by atoms with E-state index >= 15 is 0 Å². The summed E-state index contributed by atoms with van der Waals surface area (Å²) in [6.45, 7) is 3.50. The lowest BCUT2D eigenvalue weighted by Crippen LogP contribution is -2.13. The number of hydrogen-bond acceptors (Lipinski definition) is 4. The number of carbonyl (C=O) groups excluding carboxylic acids is 1. The van der Waals surface area contributed by atoms with Crippen LogP contribution in [0, 0.1) is 6.92 Å². The Labute approximate surface area is 99.2 Å². The highest BCUT2D eigenvalue weighted by molar-refractivity contribution is 6.35. The maximum atomic E-state index is 11.1. The lowest BCUT2D eigenvalue weighted by atomic mass is 10.2. The first-order valence-corrected chi connectivity index (χ1v) is 5.07. The van der Waals surface area contributed by atoms with Crippen molar-refractivity contribution in [2.75, 3.05) is 12.5 Å². The highest BCUT2D eigenvalue weighted by Crippen LogP contribution is 2.22. The van der Waals surface area contributed by atoms with Crippen molar-refractivity contribution >= 4 is 29.0 Å². The van der Waals surface area contributed by atoms with Crippen molar-refractivity contribution in [1.82, 2.24) is 0 Å². The zero-order valence-electron chi connectivity index (χ0n) is 9.37. The van der Waals surface area contributed by atoms with Gasteiger partial charge in [-0.25, -0.2) is 4.79 Å². The molecule has 0 saturated heterocycles. The predicted molar refractivity (Wildman–Crippen MR) is 64.9 cm³/mol. The summed E-state index contributed by atoms with van der Waals surface area (Å²) >= 11 is 5.95. The van der Waals surface area contributed by atoms with Gasteiger partial charge in [-0.1, -0.05) is 17.7 Å². The Balaban J connectivity index is 2.81. The van der Waals surface area contributed by atoms with Crippen LogP contribution in [0.1, 0.15) is 12.5 Å². The van der Waals surface area contributed by atoms with Gasteiger partial charge in [0, 0.05) is 0 Å². The van der Waals surface area contributed by atoms with Crippen LogP contribution in [-0.4, -0.2) is 18.8 Å². The quantitative estimate of drug-likeness (QED) is 0.502. The van der Waals surface area contributed by atoms with E-state index in [2.05, 4.69) is 15.3 Å². The molecule has 5 heteroatoms. The van der Waals surface area contributed by atoms with Gasteiger partial charge in [0.25, 0.3) is 0 Å². The molecule has 1 rings (SSSR count). The van der Waals surface area contributed by atoms with Gasteiger partial charge in [0.05, 0.1) is 17.8 Å². The minimum absolute atomic E-state index is 0.236. The Bertz CT molecular complexity index is 430. The van der Waals surface area contributed by atoms with E-state index in [1.165, 1.54) is 7.11 Å². The number of halogens is 1. The zero-order chi connectivity index (χ0) is 12.1. The number of anilines is 1. The molecule has 0 bridgehead atoms. The summed E-state index contributed by atoms with van der Waals surface area (Å²) in [6.07, 6.45) is 0. The average Bonchev–Trinajstić information content (AvgIpc) is 2.28. The second-order valence-corrected chi connectivity index (χ2v) is 3.69. The molecule has 0 amide bonds. The van der Waals surface area contributed by atoms with Crippen LogP contribution in [0.2, 0.25) is 5.02 Å². The molecular formula is C11H13ClN2O2. The van der Waals surface area contributed by atoms with Gasteiger partial charge in [0.1, 0.15) is 5.71 Å². The van der Waals surface area contributed by atoms with Crippen molar-refractivity contribution in [3.05, 3.63) is 28.8 Å². The third-order valence-electron chi connectivity index (χ3n) is 1.95. The summed E-state index contributed by atoms with van der Waals surface area (Å²) in [5.74, 6) is -0.476. The van der Waals surface area contributed by atoms with Crippen molar-refractivity contribution in [2.24, 2.45) is 5.10 Å². The molecule has 4 nitrogen and oxygen atoms in total. The van der Waals surface area contributed by atoms with E-state index in [1.54, 1.807) is 13.0 Å². The van der Waals surface area contributed by atoms with Gasteiger partial charge < -0.3 is 4.74 Å². The van der Waals surface area contributed by atoms with Crippen LogP contribution in [0.4, 0.5) is 5.69 Å². The van der Waals surface area contributed by atoms with Crippen LogP contribution >= 0.6 is 11.6 Å². The number of hydrogen-bond donors (Lipinski definition) is 1. The molecule has 1 N–H and O–H groups in total. The van der Waals surface area contributed by atoms with E-state index in [4.69, 9.17) is 11.6 Å². The molecule has 0 spiro atoms. The fourth-order valence-electron chi connectivity index (χ4n) is 1.06. The van der Waals surface area contributed by atoms with Gasteiger partial charge in [-0.2, -0.15) is 5.10 Å². The summed E-state index contributed by atoms with van der Waals surface area (Å²) in [5, 5.41) is 4.42. The number of nitrogens with one attached hydrogen (secondary N) is 1. The number of benzene rings is 1. The standard InChI is InChI=1S/C11H13ClN2O2/c1-7-4-5-9(12)10(6-7)14-13-8(2)11(15)16-3/h4-6,14H,1-3H3. The van der Waals surface area contributed by atoms with Crippen molar-refractivity contribution in [2.45, 2.75) is 13.8 Å². The largest absolute Gasteiger partial charge is 0.464 e. The molecule has 0 fully saturated rings. The normalized spacial score (nSPS) is 11.1. The molecule has 0 aliphatic heterocycles. The topological polar surface area (TPSA) is 50.7 Å². The van der Waals surface area contributed by atoms with E-state index in [9.17, 15) is 4.79 Å². The number of aryl methyl sites for hydroxylation is 1. The molecule has 0 aliphatic rings. The smallest absolute Gasteiger partial charge is 0.353 e. The van der Waals surface area contributed by atoms with E-state index < -0.39 is 5.97 Å². The van der Waals surface area contributed by atoms with Gasteiger partial charge >= 0.3 is 5.97 Å². The first-order valence-electron chi connectivity index (χ1n) is 4.69. The average molecular weight is 241 g/mol. The van der Waals surface area contributed by atoms with Gasteiger partial charge in [0.15, 0.2) is 0 Å². The lowest BCUT2D eigenvalue weighted by Gasteiger charge is -2.05. The van der Waals surface area contributed by atoms with Crippen molar-refractivity contribution in [1.29, 1.82) is 0 Å². The molecule has 0 heterocycles. The van der Waals surface area contributed by atoms with E-state index in [-0.39, 0.29) is 5.71 Å². The third-order valence-corrected chi connectivity index (χ3v) is 2.28. The first-order chi connectivity index (χ1) is 7.54. The Morgan fingerprint density at radius 2 is 2.19 bits per heavy atom. The zero-order valence-corrected chi connectivity index (χ0v) is 10.1. The molecule has 86 valence electrons. The Morgan fingerprint density at radius 1 is 1.50 bits per heavy atom. The number of ether oxygens (including phenoxy) is 1. The van der Waals surface area contributed by atoms with Crippen LogP contribution in [0.25, 0.3) is 0 Å². The minimum Gasteiger partial charge on any atom is -0.464 e. The van der Waals surface area contributed by atoms with Crippen LogP contribution in [0.15, 0.2) is 23.3 Å². The van der Waals surface area contributed by atoms with Gasteiger partial charge in [-0.15, -0.1) is 0 Å². The maximum absolute atomic E-state index is 11.1. The molecule has 1 aromatic carbocycles. The molecule has 0 aliphatic carbocycles. The number of rotatable bonds is 3. The van der Waals surface area contributed by atoms with E-state index in [1.807, 2.05) is 19.1 Å². The Kier molecular flexibility index (Phi) is 4.31. The van der Waals surface area contributed by atoms with Crippen LogP contribution < -0.4 is 5.43 Å². The SMILES string of the molecule is COC(=O)C(C)=NNc1cc(C)ccc1Cl. The molecule has 1 aromatic rings. The third kappa shape index (κ3) is 3.24.